The van der Waals surface area contributed by atoms with E-state index >= 15 is 0 Å². The summed E-state index contributed by atoms with van der Waals surface area (Å²) in [6.07, 6.45) is 0. The molecular weight excluding hydrogens is 366 g/mol. The van der Waals surface area contributed by atoms with Gasteiger partial charge in [0.2, 0.25) is 0 Å². The minimum Gasteiger partial charge on any atom is -0.358 e. The minimum absolute atomic E-state index is 0.0486. The fraction of sp³-hybridized carbons (Fsp3) is 0.267. The number of halogens is 1. The van der Waals surface area contributed by atoms with Crippen LogP contribution >= 0.6 is 23.1 Å². The Labute approximate surface area is 152 Å². The molecule has 1 aromatic carbocycles. The number of benzene rings is 1. The van der Waals surface area contributed by atoms with E-state index in [0.29, 0.717) is 37.3 Å². The lowest BCUT2D eigenvalue weighted by molar-refractivity contribution is -0.384. The minimum atomic E-state index is -0.500. The van der Waals surface area contributed by atoms with Crippen molar-refractivity contribution in [2.24, 2.45) is 0 Å². The Morgan fingerprint density at radius 2 is 1.92 bits per heavy atom. The monoisotopic (exact) mass is 377 g/mol. The lowest BCUT2D eigenvalue weighted by atomic mass is 10.1. The Morgan fingerprint density at radius 3 is 2.48 bits per heavy atom. The van der Waals surface area contributed by atoms with Gasteiger partial charge in [0.1, 0.15) is 16.6 Å². The number of hydrogen-bond acceptors (Lipinski definition) is 7. The molecule has 0 saturated carbocycles. The largest absolute Gasteiger partial charge is 0.358 e. The number of nitro groups is 1. The molecule has 0 atom stereocenters. The van der Waals surface area contributed by atoms with Crippen LogP contribution in [0.2, 0.25) is 5.15 Å². The van der Waals surface area contributed by atoms with Crippen molar-refractivity contribution in [3.8, 4) is 6.07 Å². The Bertz CT molecular complexity index is 853. The summed E-state index contributed by atoms with van der Waals surface area (Å²) in [4.78, 5) is 26.4. The average Bonchev–Trinajstić information content (AvgIpc) is 3.02. The first-order valence-electron chi connectivity index (χ1n) is 7.35. The van der Waals surface area contributed by atoms with Crippen LogP contribution in [0.1, 0.15) is 15.9 Å². The van der Waals surface area contributed by atoms with E-state index in [1.54, 1.807) is 4.90 Å². The number of non-ortho nitro benzene ring substituents is 1. The molecule has 2 aromatic rings. The van der Waals surface area contributed by atoms with Crippen molar-refractivity contribution in [1.29, 1.82) is 5.26 Å². The van der Waals surface area contributed by atoms with Gasteiger partial charge in [-0.05, 0) is 23.7 Å². The molecule has 10 heteroatoms. The number of aromatic nitrogens is 1. The number of nitriles is 1. The van der Waals surface area contributed by atoms with Crippen LogP contribution < -0.4 is 4.90 Å². The first kappa shape index (κ1) is 17.1. The zero-order valence-electron chi connectivity index (χ0n) is 12.9. The summed E-state index contributed by atoms with van der Waals surface area (Å²) < 4.78 is 3.99. The fourth-order valence-electron chi connectivity index (χ4n) is 2.59. The Morgan fingerprint density at radius 1 is 1.28 bits per heavy atom. The molecule has 1 aliphatic heterocycles. The molecule has 3 rings (SSSR count). The molecule has 0 bridgehead atoms. The number of anilines is 1. The Hall–Kier alpha value is -2.70. The summed E-state index contributed by atoms with van der Waals surface area (Å²) >= 11 is 7.07. The van der Waals surface area contributed by atoms with Crippen LogP contribution in [-0.2, 0) is 0 Å². The van der Waals surface area contributed by atoms with Crippen molar-refractivity contribution in [2.75, 3.05) is 31.1 Å². The van der Waals surface area contributed by atoms with E-state index in [0.717, 1.165) is 5.00 Å². The Balaban J connectivity index is 1.66. The molecule has 0 aliphatic carbocycles. The summed E-state index contributed by atoms with van der Waals surface area (Å²) in [5.74, 6) is -0.169. The van der Waals surface area contributed by atoms with Gasteiger partial charge in [-0.1, -0.05) is 11.6 Å². The first-order chi connectivity index (χ1) is 12.0. The number of nitro benzene ring substituents is 1. The van der Waals surface area contributed by atoms with Crippen LogP contribution in [0.3, 0.4) is 0 Å². The van der Waals surface area contributed by atoms with Crippen molar-refractivity contribution in [3.05, 3.63) is 50.7 Å². The van der Waals surface area contributed by atoms with Gasteiger partial charge in [0.05, 0.1) is 4.92 Å². The van der Waals surface area contributed by atoms with Crippen molar-refractivity contribution in [3.63, 3.8) is 0 Å². The molecule has 1 amide bonds. The average molecular weight is 378 g/mol. The van der Waals surface area contributed by atoms with Crippen LogP contribution in [0.25, 0.3) is 0 Å². The highest BCUT2D eigenvalue weighted by atomic mass is 35.5. The van der Waals surface area contributed by atoms with Crippen molar-refractivity contribution in [2.45, 2.75) is 0 Å². The molecule has 0 radical (unpaired) electrons. The van der Waals surface area contributed by atoms with E-state index < -0.39 is 4.92 Å². The van der Waals surface area contributed by atoms with Crippen molar-refractivity contribution in [1.82, 2.24) is 9.27 Å². The van der Waals surface area contributed by atoms with Gasteiger partial charge in [-0.25, -0.2) is 0 Å². The SMILES string of the molecule is N#Cc1c(Cl)nsc1N1CCN(C(=O)c2ccc([N+](=O)[O-])cc2)CC1. The van der Waals surface area contributed by atoms with Gasteiger partial charge in [-0.2, -0.15) is 9.64 Å². The second-order valence-electron chi connectivity index (χ2n) is 5.35. The molecule has 0 unspecified atom stereocenters. The topological polar surface area (TPSA) is 103 Å². The van der Waals surface area contributed by atoms with E-state index in [1.165, 1.54) is 35.8 Å². The summed E-state index contributed by atoms with van der Waals surface area (Å²) in [6.45, 7) is 2.09. The van der Waals surface area contributed by atoms with Gasteiger partial charge in [0.15, 0.2) is 5.15 Å². The molecular formula is C15H12ClN5O3S. The summed E-state index contributed by atoms with van der Waals surface area (Å²) in [7, 11) is 0. The number of piperazine rings is 1. The third kappa shape index (κ3) is 3.40. The molecule has 1 aliphatic rings. The van der Waals surface area contributed by atoms with Crippen LogP contribution in [0, 0.1) is 21.4 Å². The maximum Gasteiger partial charge on any atom is 0.269 e. The third-order valence-electron chi connectivity index (χ3n) is 3.92. The molecule has 2 heterocycles. The van der Waals surface area contributed by atoms with E-state index in [-0.39, 0.29) is 16.7 Å². The van der Waals surface area contributed by atoms with Crippen LogP contribution in [-0.4, -0.2) is 46.3 Å². The van der Waals surface area contributed by atoms with Crippen LogP contribution in [0.4, 0.5) is 10.7 Å². The fourth-order valence-corrected chi connectivity index (χ4v) is 3.67. The van der Waals surface area contributed by atoms with E-state index in [4.69, 9.17) is 16.9 Å². The van der Waals surface area contributed by atoms with E-state index in [2.05, 4.69) is 10.4 Å². The number of nitrogens with zero attached hydrogens (tertiary/aromatic N) is 5. The van der Waals surface area contributed by atoms with Gasteiger partial charge < -0.3 is 9.80 Å². The van der Waals surface area contributed by atoms with Gasteiger partial charge in [-0.15, -0.1) is 0 Å². The molecule has 128 valence electrons. The number of hydrogen-bond donors (Lipinski definition) is 0. The summed E-state index contributed by atoms with van der Waals surface area (Å²) in [5, 5.41) is 20.8. The lowest BCUT2D eigenvalue weighted by Crippen LogP contribution is -2.48. The first-order valence-corrected chi connectivity index (χ1v) is 8.50. The van der Waals surface area contributed by atoms with Gasteiger partial charge in [0.25, 0.3) is 11.6 Å². The molecule has 0 spiro atoms. The molecule has 1 fully saturated rings. The van der Waals surface area contributed by atoms with Gasteiger partial charge in [0, 0.05) is 43.9 Å². The van der Waals surface area contributed by atoms with Gasteiger partial charge in [-0.3, -0.25) is 14.9 Å². The maximum atomic E-state index is 12.5. The number of carbonyl (C=O) groups excluding carboxylic acids is 1. The smallest absolute Gasteiger partial charge is 0.269 e. The highest BCUT2D eigenvalue weighted by Crippen LogP contribution is 2.31. The van der Waals surface area contributed by atoms with E-state index in [9.17, 15) is 14.9 Å². The zero-order valence-corrected chi connectivity index (χ0v) is 14.5. The van der Waals surface area contributed by atoms with Crippen molar-refractivity contribution < 1.29 is 9.72 Å². The number of amides is 1. The molecule has 0 N–H and O–H groups in total. The predicted octanol–water partition coefficient (Wildman–Crippen LogP) is 2.54. The summed E-state index contributed by atoms with van der Waals surface area (Å²) in [6, 6.07) is 7.62. The van der Waals surface area contributed by atoms with Crippen LogP contribution in [0.5, 0.6) is 0 Å². The number of carbonyl (C=O) groups is 1. The highest BCUT2D eigenvalue weighted by molar-refractivity contribution is 7.10. The number of rotatable bonds is 3. The standard InChI is InChI=1S/C15H12ClN5O3S/c16-13-12(9-17)15(25-18-13)20-7-5-19(6-8-20)14(22)10-1-3-11(4-2-10)21(23)24/h1-4H,5-8H2. The normalized spacial score (nSPS) is 14.2. The quantitative estimate of drug-likeness (QED) is 0.601. The third-order valence-corrected chi connectivity index (χ3v) is 5.21. The molecule has 1 aromatic heterocycles. The maximum absolute atomic E-state index is 12.5. The highest BCUT2D eigenvalue weighted by Gasteiger charge is 2.26. The van der Waals surface area contributed by atoms with Crippen molar-refractivity contribution >= 4 is 39.7 Å². The van der Waals surface area contributed by atoms with Crippen LogP contribution in [0.15, 0.2) is 24.3 Å². The second-order valence-corrected chi connectivity index (χ2v) is 6.46. The predicted molar refractivity (Wildman–Crippen MR) is 93.1 cm³/mol. The zero-order chi connectivity index (χ0) is 18.0. The Kier molecular flexibility index (Phi) is 4.83. The lowest BCUT2D eigenvalue weighted by Gasteiger charge is -2.35. The molecule has 8 nitrogen and oxygen atoms in total. The summed E-state index contributed by atoms with van der Waals surface area (Å²) in [5.41, 5.74) is 0.729. The molecule has 1 saturated heterocycles. The van der Waals surface area contributed by atoms with Gasteiger partial charge >= 0.3 is 0 Å². The molecule has 25 heavy (non-hydrogen) atoms. The van der Waals surface area contributed by atoms with E-state index in [1.807, 2.05) is 4.90 Å². The second kappa shape index (κ2) is 7.04.